The lowest BCUT2D eigenvalue weighted by Gasteiger charge is -2.05. The van der Waals surface area contributed by atoms with Crippen LogP contribution in [0.2, 0.25) is 0 Å². The Hall–Kier alpha value is -3.06. The van der Waals surface area contributed by atoms with Gasteiger partial charge in [0.25, 0.3) is 5.91 Å². The van der Waals surface area contributed by atoms with Crippen molar-refractivity contribution in [2.75, 3.05) is 0 Å². The molecule has 26 heavy (non-hydrogen) atoms. The number of amides is 1. The van der Waals surface area contributed by atoms with Crippen molar-refractivity contribution in [1.29, 1.82) is 0 Å². The van der Waals surface area contributed by atoms with E-state index >= 15 is 0 Å². The average Bonchev–Trinajstić information content (AvgIpc) is 3.26. The van der Waals surface area contributed by atoms with Gasteiger partial charge >= 0.3 is 0 Å². The van der Waals surface area contributed by atoms with E-state index in [9.17, 15) is 13.6 Å². The smallest absolute Gasteiger partial charge is 0.257 e. The molecule has 130 valence electrons. The number of aromatic nitrogens is 1. The third-order valence-corrected chi connectivity index (χ3v) is 4.83. The molecule has 4 aromatic rings. The van der Waals surface area contributed by atoms with Crippen LogP contribution >= 0.6 is 11.3 Å². The molecule has 2 heterocycles. The number of thiazole rings is 1. The molecule has 0 aliphatic carbocycles. The van der Waals surface area contributed by atoms with Gasteiger partial charge in [-0.3, -0.25) is 4.79 Å². The lowest BCUT2D eigenvalue weighted by Crippen LogP contribution is -2.24. The standard InChI is InChI=1S/C19H12F2N2O2S/c20-12-4-3-5-13(21)17(12)18(24)22-10-11-8-9-15(25-11)19-23-14-6-1-2-7-16(14)26-19/h1-9H,10H2,(H,22,24). The molecule has 1 amide bonds. The minimum atomic E-state index is -0.905. The van der Waals surface area contributed by atoms with Gasteiger partial charge < -0.3 is 9.73 Å². The van der Waals surface area contributed by atoms with Gasteiger partial charge in [-0.2, -0.15) is 0 Å². The van der Waals surface area contributed by atoms with Crippen LogP contribution in [0.4, 0.5) is 8.78 Å². The van der Waals surface area contributed by atoms with Crippen molar-refractivity contribution in [3.8, 4) is 10.8 Å². The summed E-state index contributed by atoms with van der Waals surface area (Å²) in [6.45, 7) is 0.0114. The Morgan fingerprint density at radius 2 is 1.81 bits per heavy atom. The van der Waals surface area contributed by atoms with E-state index in [2.05, 4.69) is 10.3 Å². The summed E-state index contributed by atoms with van der Waals surface area (Å²) < 4.78 is 34.0. The fourth-order valence-corrected chi connectivity index (χ4v) is 3.46. The molecule has 0 spiro atoms. The fraction of sp³-hybridized carbons (Fsp3) is 0.0526. The number of carbonyl (C=O) groups excluding carboxylic acids is 1. The van der Waals surface area contributed by atoms with Crippen LogP contribution in [0.1, 0.15) is 16.1 Å². The SMILES string of the molecule is O=C(NCc1ccc(-c2nc3ccccc3s2)o1)c1c(F)cccc1F. The Kier molecular flexibility index (Phi) is 4.22. The van der Waals surface area contributed by atoms with E-state index in [1.165, 1.54) is 17.4 Å². The molecule has 0 aliphatic rings. The number of carbonyl (C=O) groups is 1. The summed E-state index contributed by atoms with van der Waals surface area (Å²) in [4.78, 5) is 16.5. The van der Waals surface area contributed by atoms with E-state index in [1.54, 1.807) is 12.1 Å². The van der Waals surface area contributed by atoms with E-state index in [1.807, 2.05) is 24.3 Å². The quantitative estimate of drug-likeness (QED) is 0.563. The van der Waals surface area contributed by atoms with Crippen LogP contribution in [0.15, 0.2) is 59.0 Å². The Bertz CT molecular complexity index is 1050. The molecule has 2 aromatic carbocycles. The molecule has 0 radical (unpaired) electrons. The third-order valence-electron chi connectivity index (χ3n) is 3.78. The molecule has 2 aromatic heterocycles. The van der Waals surface area contributed by atoms with Crippen molar-refractivity contribution >= 4 is 27.5 Å². The van der Waals surface area contributed by atoms with Crippen molar-refractivity contribution in [2.24, 2.45) is 0 Å². The highest BCUT2D eigenvalue weighted by molar-refractivity contribution is 7.21. The largest absolute Gasteiger partial charge is 0.457 e. The Morgan fingerprint density at radius 3 is 2.58 bits per heavy atom. The van der Waals surface area contributed by atoms with E-state index in [4.69, 9.17) is 4.42 Å². The first-order valence-electron chi connectivity index (χ1n) is 7.78. The predicted octanol–water partition coefficient (Wildman–Crippen LogP) is 4.76. The molecular formula is C19H12F2N2O2S. The maximum Gasteiger partial charge on any atom is 0.257 e. The number of furan rings is 1. The molecule has 0 saturated carbocycles. The van der Waals surface area contributed by atoms with Gasteiger partial charge in [0.15, 0.2) is 10.8 Å². The number of nitrogens with one attached hydrogen (secondary N) is 1. The molecule has 0 fully saturated rings. The second kappa shape index (κ2) is 6.68. The first-order chi connectivity index (χ1) is 12.6. The van der Waals surface area contributed by atoms with Gasteiger partial charge in [0.1, 0.15) is 23.0 Å². The highest BCUT2D eigenvalue weighted by Crippen LogP contribution is 2.31. The number of rotatable bonds is 4. The lowest BCUT2D eigenvalue weighted by atomic mass is 10.2. The summed E-state index contributed by atoms with van der Waals surface area (Å²) in [5.74, 6) is -1.61. The molecule has 1 N–H and O–H groups in total. The van der Waals surface area contributed by atoms with Gasteiger partial charge in [0.2, 0.25) is 0 Å². The Labute approximate surface area is 151 Å². The molecule has 0 aliphatic heterocycles. The molecule has 4 nitrogen and oxygen atoms in total. The molecule has 7 heteroatoms. The van der Waals surface area contributed by atoms with E-state index in [-0.39, 0.29) is 6.54 Å². The summed E-state index contributed by atoms with van der Waals surface area (Å²) >= 11 is 1.50. The van der Waals surface area contributed by atoms with Crippen molar-refractivity contribution in [3.05, 3.63) is 77.6 Å². The second-order valence-electron chi connectivity index (χ2n) is 5.53. The Morgan fingerprint density at radius 1 is 1.04 bits per heavy atom. The fourth-order valence-electron chi connectivity index (χ4n) is 2.54. The predicted molar refractivity (Wildman–Crippen MR) is 94.9 cm³/mol. The van der Waals surface area contributed by atoms with Gasteiger partial charge in [-0.05, 0) is 36.4 Å². The Balaban J connectivity index is 1.49. The van der Waals surface area contributed by atoms with Crippen LogP contribution in [0, 0.1) is 11.6 Å². The van der Waals surface area contributed by atoms with Crippen LogP contribution in [-0.2, 0) is 6.54 Å². The van der Waals surface area contributed by atoms with Crippen LogP contribution in [0.3, 0.4) is 0 Å². The molecule has 0 unspecified atom stereocenters. The summed E-state index contributed by atoms with van der Waals surface area (Å²) in [6.07, 6.45) is 0. The van der Waals surface area contributed by atoms with E-state index in [0.717, 1.165) is 27.4 Å². The molecule has 0 saturated heterocycles. The number of halogens is 2. The van der Waals surface area contributed by atoms with Gasteiger partial charge in [0.05, 0.1) is 16.8 Å². The summed E-state index contributed by atoms with van der Waals surface area (Å²) in [7, 11) is 0. The van der Waals surface area contributed by atoms with Gasteiger partial charge in [-0.15, -0.1) is 11.3 Å². The minimum Gasteiger partial charge on any atom is -0.457 e. The van der Waals surface area contributed by atoms with E-state index < -0.39 is 23.1 Å². The monoisotopic (exact) mass is 370 g/mol. The van der Waals surface area contributed by atoms with Crippen molar-refractivity contribution in [1.82, 2.24) is 10.3 Å². The molecule has 0 atom stereocenters. The second-order valence-corrected chi connectivity index (χ2v) is 6.56. The summed E-state index contributed by atoms with van der Waals surface area (Å²) in [5, 5.41) is 3.18. The minimum absolute atomic E-state index is 0.0114. The van der Waals surface area contributed by atoms with Gasteiger partial charge in [-0.25, -0.2) is 13.8 Å². The van der Waals surface area contributed by atoms with Gasteiger partial charge in [0, 0.05) is 0 Å². The molecule has 0 bridgehead atoms. The lowest BCUT2D eigenvalue weighted by molar-refractivity contribution is 0.0939. The number of hydrogen-bond acceptors (Lipinski definition) is 4. The van der Waals surface area contributed by atoms with Crippen LogP contribution in [-0.4, -0.2) is 10.9 Å². The van der Waals surface area contributed by atoms with Crippen molar-refractivity contribution in [2.45, 2.75) is 6.54 Å². The van der Waals surface area contributed by atoms with Crippen LogP contribution in [0.5, 0.6) is 0 Å². The molecular weight excluding hydrogens is 358 g/mol. The maximum absolute atomic E-state index is 13.6. The normalized spacial score (nSPS) is 11.0. The van der Waals surface area contributed by atoms with Crippen molar-refractivity contribution in [3.63, 3.8) is 0 Å². The number of fused-ring (bicyclic) bond motifs is 1. The summed E-state index contributed by atoms with van der Waals surface area (Å²) in [6, 6.07) is 14.5. The van der Waals surface area contributed by atoms with E-state index in [0.29, 0.717) is 11.5 Å². The number of nitrogens with zero attached hydrogens (tertiary/aromatic N) is 1. The van der Waals surface area contributed by atoms with Crippen molar-refractivity contribution < 1.29 is 18.0 Å². The third kappa shape index (κ3) is 3.09. The highest BCUT2D eigenvalue weighted by Gasteiger charge is 2.17. The average molecular weight is 370 g/mol. The zero-order valence-corrected chi connectivity index (χ0v) is 14.1. The number of para-hydroxylation sites is 1. The first-order valence-corrected chi connectivity index (χ1v) is 8.60. The summed E-state index contributed by atoms with van der Waals surface area (Å²) in [5.41, 5.74) is 0.277. The zero-order chi connectivity index (χ0) is 18.1. The number of hydrogen-bond donors (Lipinski definition) is 1. The molecule has 4 rings (SSSR count). The topological polar surface area (TPSA) is 55.1 Å². The first kappa shape index (κ1) is 16.4. The highest BCUT2D eigenvalue weighted by atomic mass is 32.1. The maximum atomic E-state index is 13.6. The number of benzene rings is 2. The van der Waals surface area contributed by atoms with Gasteiger partial charge in [-0.1, -0.05) is 18.2 Å². The van der Waals surface area contributed by atoms with Crippen LogP contribution in [0.25, 0.3) is 21.0 Å². The van der Waals surface area contributed by atoms with Crippen LogP contribution < -0.4 is 5.32 Å². The zero-order valence-electron chi connectivity index (χ0n) is 13.3.